The fourth-order valence-electron chi connectivity index (χ4n) is 1.91. The molecular formula is C15H16FNO2S. The molecule has 20 heavy (non-hydrogen) atoms. The van der Waals surface area contributed by atoms with Crippen molar-refractivity contribution in [3.63, 3.8) is 0 Å². The molecule has 0 saturated carbocycles. The van der Waals surface area contributed by atoms with Crippen molar-refractivity contribution in [1.29, 1.82) is 0 Å². The van der Waals surface area contributed by atoms with Crippen molar-refractivity contribution < 1.29 is 13.3 Å². The van der Waals surface area contributed by atoms with Gasteiger partial charge >= 0.3 is 0 Å². The highest BCUT2D eigenvalue weighted by Gasteiger charge is 2.11. The second-order valence-corrected chi connectivity index (χ2v) is 5.69. The van der Waals surface area contributed by atoms with Crippen LogP contribution in [-0.2, 0) is 23.1 Å². The van der Waals surface area contributed by atoms with Crippen LogP contribution in [0, 0.1) is 5.82 Å². The van der Waals surface area contributed by atoms with Crippen LogP contribution < -0.4 is 10.5 Å². The highest BCUT2D eigenvalue weighted by molar-refractivity contribution is 7.84. The molecule has 0 radical (unpaired) electrons. The minimum atomic E-state index is -1.43. The second-order valence-electron chi connectivity index (χ2n) is 4.27. The maximum atomic E-state index is 13.6. The molecule has 0 aliphatic heterocycles. The summed E-state index contributed by atoms with van der Waals surface area (Å²) in [5.41, 5.74) is 7.30. The van der Waals surface area contributed by atoms with Gasteiger partial charge in [0.05, 0.1) is 28.6 Å². The van der Waals surface area contributed by atoms with E-state index in [0.717, 1.165) is 11.1 Å². The van der Waals surface area contributed by atoms with E-state index in [1.807, 2.05) is 12.1 Å². The summed E-state index contributed by atoms with van der Waals surface area (Å²) in [6.07, 6.45) is 0. The van der Waals surface area contributed by atoms with E-state index in [0.29, 0.717) is 12.3 Å². The van der Waals surface area contributed by atoms with Crippen LogP contribution in [0.4, 0.5) is 4.39 Å². The summed E-state index contributed by atoms with van der Waals surface area (Å²) < 4.78 is 31.0. The number of rotatable bonds is 5. The van der Waals surface area contributed by atoms with Gasteiger partial charge in [-0.15, -0.1) is 0 Å². The van der Waals surface area contributed by atoms with Crippen LogP contribution in [0.25, 0.3) is 0 Å². The number of nitrogens with two attached hydrogens (primary N) is 1. The Balaban J connectivity index is 2.22. The molecule has 0 spiro atoms. The van der Waals surface area contributed by atoms with Crippen LogP contribution in [0.15, 0.2) is 47.4 Å². The molecule has 2 aromatic carbocycles. The van der Waals surface area contributed by atoms with E-state index in [1.165, 1.54) is 12.1 Å². The fourth-order valence-corrected chi connectivity index (χ4v) is 3.06. The quantitative estimate of drug-likeness (QED) is 0.922. The number of hydrogen-bond donors (Lipinski definition) is 1. The van der Waals surface area contributed by atoms with Gasteiger partial charge in [-0.3, -0.25) is 4.21 Å². The molecule has 0 heterocycles. The van der Waals surface area contributed by atoms with E-state index in [-0.39, 0.29) is 10.6 Å². The molecule has 0 amide bonds. The van der Waals surface area contributed by atoms with Crippen LogP contribution in [0.3, 0.4) is 0 Å². The molecule has 2 aromatic rings. The van der Waals surface area contributed by atoms with Crippen molar-refractivity contribution in [2.24, 2.45) is 5.73 Å². The Morgan fingerprint density at radius 2 is 2.00 bits per heavy atom. The lowest BCUT2D eigenvalue weighted by Gasteiger charge is -2.09. The van der Waals surface area contributed by atoms with Crippen molar-refractivity contribution in [2.45, 2.75) is 17.2 Å². The highest BCUT2D eigenvalue weighted by atomic mass is 32.2. The molecule has 106 valence electrons. The molecule has 5 heteroatoms. The standard InChI is InChI=1S/C15H16FNO2S/c1-19-14-8-11(6-7-12(14)9-17)10-20(18)15-5-3-2-4-13(15)16/h2-8H,9-10,17H2,1H3. The first-order chi connectivity index (χ1) is 9.65. The largest absolute Gasteiger partial charge is 0.496 e. The molecule has 0 saturated heterocycles. The van der Waals surface area contributed by atoms with E-state index in [1.54, 1.807) is 25.3 Å². The number of benzene rings is 2. The van der Waals surface area contributed by atoms with Gasteiger partial charge in [0.25, 0.3) is 0 Å². The molecule has 0 aliphatic carbocycles. The third kappa shape index (κ3) is 3.23. The topological polar surface area (TPSA) is 52.3 Å². The first kappa shape index (κ1) is 14.7. The van der Waals surface area contributed by atoms with E-state index >= 15 is 0 Å². The van der Waals surface area contributed by atoms with E-state index in [9.17, 15) is 8.60 Å². The Hall–Kier alpha value is -1.72. The van der Waals surface area contributed by atoms with Crippen LogP contribution in [0.5, 0.6) is 5.75 Å². The van der Waals surface area contributed by atoms with Gasteiger partial charge in [0.1, 0.15) is 11.6 Å². The third-order valence-corrected chi connectivity index (χ3v) is 4.37. The minimum Gasteiger partial charge on any atom is -0.496 e. The smallest absolute Gasteiger partial charge is 0.139 e. The molecule has 3 nitrogen and oxygen atoms in total. The molecule has 0 bridgehead atoms. The molecule has 1 atom stereocenters. The number of hydrogen-bond acceptors (Lipinski definition) is 3. The van der Waals surface area contributed by atoms with Crippen LogP contribution in [-0.4, -0.2) is 11.3 Å². The molecule has 0 aromatic heterocycles. The van der Waals surface area contributed by atoms with Gasteiger partial charge in [-0.2, -0.15) is 0 Å². The van der Waals surface area contributed by atoms with Gasteiger partial charge in [-0.25, -0.2) is 4.39 Å². The van der Waals surface area contributed by atoms with E-state index in [4.69, 9.17) is 10.5 Å². The number of ether oxygens (including phenoxy) is 1. The zero-order valence-corrected chi connectivity index (χ0v) is 12.0. The average molecular weight is 293 g/mol. The van der Waals surface area contributed by atoms with Crippen molar-refractivity contribution in [1.82, 2.24) is 0 Å². The molecule has 1 unspecified atom stereocenters. The lowest BCUT2D eigenvalue weighted by molar-refractivity contribution is 0.409. The van der Waals surface area contributed by atoms with Crippen molar-refractivity contribution in [3.8, 4) is 5.75 Å². The summed E-state index contributed by atoms with van der Waals surface area (Å²) in [4.78, 5) is 0.217. The monoisotopic (exact) mass is 293 g/mol. The molecule has 0 fully saturated rings. The van der Waals surface area contributed by atoms with Gasteiger partial charge in [0.2, 0.25) is 0 Å². The number of halogens is 1. The molecule has 2 N–H and O–H groups in total. The molecule has 2 rings (SSSR count). The predicted octanol–water partition coefficient (Wildman–Crippen LogP) is 2.60. The van der Waals surface area contributed by atoms with Crippen LogP contribution in [0.1, 0.15) is 11.1 Å². The van der Waals surface area contributed by atoms with E-state index in [2.05, 4.69) is 0 Å². The van der Waals surface area contributed by atoms with Crippen LogP contribution >= 0.6 is 0 Å². The Morgan fingerprint density at radius 1 is 1.25 bits per heavy atom. The van der Waals surface area contributed by atoms with Gasteiger partial charge in [0, 0.05) is 12.1 Å². The Kier molecular flexibility index (Phi) is 4.87. The minimum absolute atomic E-state index is 0.217. The Labute approximate surface area is 120 Å². The lowest BCUT2D eigenvalue weighted by Crippen LogP contribution is -2.03. The van der Waals surface area contributed by atoms with Crippen LogP contribution in [0.2, 0.25) is 0 Å². The summed E-state index contributed by atoms with van der Waals surface area (Å²) in [6.45, 7) is 0.375. The summed E-state index contributed by atoms with van der Waals surface area (Å²) in [6, 6.07) is 11.6. The summed E-state index contributed by atoms with van der Waals surface area (Å²) in [5, 5.41) is 0. The normalized spacial score (nSPS) is 12.2. The SMILES string of the molecule is COc1cc(CS(=O)c2ccccc2F)ccc1CN. The Bertz CT molecular complexity index is 631. The second kappa shape index (κ2) is 6.63. The Morgan fingerprint density at radius 3 is 2.65 bits per heavy atom. The van der Waals surface area contributed by atoms with Crippen molar-refractivity contribution in [2.75, 3.05) is 7.11 Å². The highest BCUT2D eigenvalue weighted by Crippen LogP contribution is 2.22. The van der Waals surface area contributed by atoms with Crippen molar-refractivity contribution >= 4 is 10.8 Å². The van der Waals surface area contributed by atoms with Crippen molar-refractivity contribution in [3.05, 3.63) is 59.4 Å². The summed E-state index contributed by atoms with van der Waals surface area (Å²) in [5.74, 6) is 0.453. The third-order valence-electron chi connectivity index (χ3n) is 2.95. The molecule has 0 aliphatic rings. The molecular weight excluding hydrogens is 277 g/mol. The summed E-state index contributed by atoms with van der Waals surface area (Å²) in [7, 11) is 0.135. The number of methoxy groups -OCH3 is 1. The van der Waals surface area contributed by atoms with Gasteiger partial charge in [0.15, 0.2) is 0 Å². The fraction of sp³-hybridized carbons (Fsp3) is 0.200. The first-order valence-electron chi connectivity index (χ1n) is 6.14. The van der Waals surface area contributed by atoms with E-state index < -0.39 is 16.6 Å². The zero-order chi connectivity index (χ0) is 14.5. The first-order valence-corrected chi connectivity index (χ1v) is 7.46. The van der Waals surface area contributed by atoms with Gasteiger partial charge in [-0.05, 0) is 23.8 Å². The summed E-state index contributed by atoms with van der Waals surface area (Å²) >= 11 is 0. The van der Waals surface area contributed by atoms with Gasteiger partial charge in [-0.1, -0.05) is 24.3 Å². The maximum Gasteiger partial charge on any atom is 0.139 e. The zero-order valence-electron chi connectivity index (χ0n) is 11.1. The maximum absolute atomic E-state index is 13.6. The average Bonchev–Trinajstić information content (AvgIpc) is 2.47. The lowest BCUT2D eigenvalue weighted by atomic mass is 10.1. The van der Waals surface area contributed by atoms with Gasteiger partial charge < -0.3 is 10.5 Å². The predicted molar refractivity (Wildman–Crippen MR) is 77.4 cm³/mol.